The van der Waals surface area contributed by atoms with Crippen molar-refractivity contribution in [2.75, 3.05) is 6.61 Å². The third-order valence-corrected chi connectivity index (χ3v) is 7.27. The van der Waals surface area contributed by atoms with E-state index in [9.17, 15) is 9.59 Å². The molecule has 7 heteroatoms. The van der Waals surface area contributed by atoms with Crippen LogP contribution in [0.1, 0.15) is 58.2 Å². The molecule has 0 saturated carbocycles. The third-order valence-electron chi connectivity index (χ3n) is 6.16. The van der Waals surface area contributed by atoms with Crippen LogP contribution in [0.15, 0.2) is 81.7 Å². The predicted molar refractivity (Wildman–Crippen MR) is 165 cm³/mol. The van der Waals surface area contributed by atoms with Crippen LogP contribution in [-0.4, -0.2) is 34.9 Å². The van der Waals surface area contributed by atoms with Crippen LogP contribution < -0.4 is 10.1 Å². The first-order chi connectivity index (χ1) is 18.2. The molecule has 0 bridgehead atoms. The summed E-state index contributed by atoms with van der Waals surface area (Å²) in [4.78, 5) is 29.1. The van der Waals surface area contributed by atoms with Gasteiger partial charge in [-0.15, -0.1) is 0 Å². The molecule has 3 aromatic carbocycles. The van der Waals surface area contributed by atoms with Gasteiger partial charge in [0.25, 0.3) is 5.91 Å². The molecule has 0 saturated heterocycles. The third kappa shape index (κ3) is 9.50. The number of benzene rings is 3. The molecule has 0 spiro atoms. The summed E-state index contributed by atoms with van der Waals surface area (Å²) in [7, 11) is 0. The zero-order chi connectivity index (χ0) is 28.8. The largest absolute Gasteiger partial charge is 0.483 e. The Morgan fingerprint density at radius 2 is 1.54 bits per heavy atom. The predicted octanol–water partition coefficient (Wildman–Crippen LogP) is 7.44. The van der Waals surface area contributed by atoms with Crippen LogP contribution in [-0.2, 0) is 28.0 Å². The van der Waals surface area contributed by atoms with E-state index in [-0.39, 0.29) is 30.4 Å². The van der Waals surface area contributed by atoms with Crippen molar-refractivity contribution in [3.8, 4) is 5.75 Å². The minimum atomic E-state index is -0.728. The number of ether oxygens (including phenoxy) is 1. The van der Waals surface area contributed by atoms with Gasteiger partial charge in [0.15, 0.2) is 6.61 Å². The van der Waals surface area contributed by atoms with Gasteiger partial charge in [0.05, 0.1) is 4.47 Å². The Hall–Kier alpha value is -2.64. The van der Waals surface area contributed by atoms with E-state index >= 15 is 0 Å². The van der Waals surface area contributed by atoms with Crippen molar-refractivity contribution in [3.05, 3.63) is 98.4 Å². The van der Waals surface area contributed by atoms with E-state index in [0.29, 0.717) is 12.2 Å². The molecule has 39 heavy (non-hydrogen) atoms. The lowest BCUT2D eigenvalue weighted by atomic mass is 9.87. The Balaban J connectivity index is 1.93. The molecule has 0 fully saturated rings. The average molecular weight is 658 g/mol. The number of hydrogen-bond acceptors (Lipinski definition) is 3. The fraction of sp³-hybridized carbons (Fsp3) is 0.375. The van der Waals surface area contributed by atoms with E-state index in [0.717, 1.165) is 25.6 Å². The number of nitrogens with one attached hydrogen (secondary N) is 1. The van der Waals surface area contributed by atoms with Gasteiger partial charge >= 0.3 is 0 Å². The van der Waals surface area contributed by atoms with E-state index in [1.807, 2.05) is 93.6 Å². The zero-order valence-corrected chi connectivity index (χ0v) is 26.7. The molecule has 2 amide bonds. The fourth-order valence-electron chi connectivity index (χ4n) is 4.15. The quantitative estimate of drug-likeness (QED) is 0.260. The maximum atomic E-state index is 13.8. The highest BCUT2D eigenvalue weighted by Crippen LogP contribution is 2.31. The number of amides is 2. The van der Waals surface area contributed by atoms with Crippen LogP contribution in [0.5, 0.6) is 5.75 Å². The lowest BCUT2D eigenvalue weighted by Gasteiger charge is -2.34. The number of halogens is 2. The van der Waals surface area contributed by atoms with Gasteiger partial charge in [0.1, 0.15) is 11.8 Å². The van der Waals surface area contributed by atoms with Gasteiger partial charge in [-0.2, -0.15) is 0 Å². The van der Waals surface area contributed by atoms with Crippen LogP contribution in [0, 0.1) is 0 Å². The molecular formula is C32H38Br2N2O3. The summed E-state index contributed by atoms with van der Waals surface area (Å²) in [5.41, 5.74) is 2.58. The zero-order valence-electron chi connectivity index (χ0n) is 23.6. The van der Waals surface area contributed by atoms with Gasteiger partial charge < -0.3 is 15.0 Å². The molecule has 0 aromatic heterocycles. The summed E-state index contributed by atoms with van der Waals surface area (Å²) in [6, 6.07) is 22.7. The van der Waals surface area contributed by atoms with Crippen LogP contribution in [0.4, 0.5) is 0 Å². The first-order valence-corrected chi connectivity index (χ1v) is 14.6. The summed E-state index contributed by atoms with van der Waals surface area (Å²) < 4.78 is 7.70. The minimum absolute atomic E-state index is 0.0112. The molecule has 1 N–H and O–H groups in total. The molecule has 3 rings (SSSR count). The molecule has 5 nitrogen and oxygen atoms in total. The fourth-order valence-corrected chi connectivity index (χ4v) is 5.09. The van der Waals surface area contributed by atoms with Crippen LogP contribution in [0.3, 0.4) is 0 Å². The molecular weight excluding hydrogens is 620 g/mol. The van der Waals surface area contributed by atoms with Crippen molar-refractivity contribution in [3.63, 3.8) is 0 Å². The van der Waals surface area contributed by atoms with Crippen LogP contribution >= 0.6 is 31.9 Å². The summed E-state index contributed by atoms with van der Waals surface area (Å²) in [6.07, 6.45) is 0.381. The summed E-state index contributed by atoms with van der Waals surface area (Å²) in [6.45, 7) is 12.3. The summed E-state index contributed by atoms with van der Waals surface area (Å²) in [5, 5.41) is 3.08. The maximum Gasteiger partial charge on any atom is 0.261 e. The lowest BCUT2D eigenvalue weighted by Crippen LogP contribution is -2.55. The van der Waals surface area contributed by atoms with Crippen molar-refractivity contribution in [1.82, 2.24) is 10.2 Å². The van der Waals surface area contributed by atoms with Gasteiger partial charge in [-0.3, -0.25) is 9.59 Å². The number of carbonyl (C=O) groups is 2. The molecule has 0 heterocycles. The highest BCUT2D eigenvalue weighted by atomic mass is 79.9. The van der Waals surface area contributed by atoms with Gasteiger partial charge in [0.2, 0.25) is 5.91 Å². The van der Waals surface area contributed by atoms with Crippen molar-refractivity contribution >= 4 is 43.7 Å². The molecule has 1 unspecified atom stereocenters. The molecule has 3 aromatic rings. The van der Waals surface area contributed by atoms with Gasteiger partial charge in [-0.25, -0.2) is 0 Å². The Morgan fingerprint density at radius 3 is 2.13 bits per heavy atom. The Labute approximate surface area is 249 Å². The van der Waals surface area contributed by atoms with Crippen LogP contribution in [0.25, 0.3) is 0 Å². The standard InChI is InChI=1S/C32H38Br2N2O3/c1-31(2,3)24-15-16-28(26(34)19-24)39-21-29(37)36(20-23-13-10-14-25(33)17-23)27(30(38)35-32(4,5)6)18-22-11-8-7-9-12-22/h7-17,19,27H,18,20-21H2,1-6H3,(H,35,38). The first-order valence-electron chi connectivity index (χ1n) is 13.1. The number of rotatable bonds is 9. The van der Waals surface area contributed by atoms with Gasteiger partial charge in [0, 0.05) is 23.0 Å². The SMILES string of the molecule is CC(C)(C)NC(=O)C(Cc1ccccc1)N(Cc1cccc(Br)c1)C(=O)COc1ccc(C(C)(C)C)cc1Br. The first kappa shape index (κ1) is 30.9. The number of nitrogens with zero attached hydrogens (tertiary/aromatic N) is 1. The maximum absolute atomic E-state index is 13.8. The molecule has 0 aliphatic rings. The van der Waals surface area contributed by atoms with Crippen molar-refractivity contribution in [2.45, 2.75) is 71.5 Å². The van der Waals surface area contributed by atoms with Crippen molar-refractivity contribution in [1.29, 1.82) is 0 Å². The number of hydrogen-bond donors (Lipinski definition) is 1. The second-order valence-corrected chi connectivity index (χ2v) is 13.6. The van der Waals surface area contributed by atoms with Gasteiger partial charge in [-0.1, -0.05) is 85.2 Å². The summed E-state index contributed by atoms with van der Waals surface area (Å²) in [5.74, 6) is 0.106. The molecule has 208 valence electrons. The second kappa shape index (κ2) is 13.1. The normalized spacial score (nSPS) is 12.5. The average Bonchev–Trinajstić information content (AvgIpc) is 2.84. The van der Waals surface area contributed by atoms with E-state index < -0.39 is 11.6 Å². The second-order valence-electron chi connectivity index (χ2n) is 11.8. The Morgan fingerprint density at radius 1 is 0.872 bits per heavy atom. The van der Waals surface area contributed by atoms with Crippen molar-refractivity contribution < 1.29 is 14.3 Å². The molecule has 1 atom stereocenters. The minimum Gasteiger partial charge on any atom is -0.483 e. The lowest BCUT2D eigenvalue weighted by molar-refractivity contribution is -0.143. The van der Waals surface area contributed by atoms with Crippen LogP contribution in [0.2, 0.25) is 0 Å². The van der Waals surface area contributed by atoms with E-state index in [1.54, 1.807) is 4.90 Å². The highest BCUT2D eigenvalue weighted by Gasteiger charge is 2.32. The van der Waals surface area contributed by atoms with E-state index in [1.165, 1.54) is 0 Å². The smallest absolute Gasteiger partial charge is 0.261 e. The highest BCUT2D eigenvalue weighted by molar-refractivity contribution is 9.10. The monoisotopic (exact) mass is 656 g/mol. The summed E-state index contributed by atoms with van der Waals surface area (Å²) >= 11 is 7.12. The Bertz CT molecular complexity index is 1280. The van der Waals surface area contributed by atoms with E-state index in [4.69, 9.17) is 4.74 Å². The van der Waals surface area contributed by atoms with E-state index in [2.05, 4.69) is 57.9 Å². The molecule has 0 radical (unpaired) electrons. The molecule has 0 aliphatic heterocycles. The van der Waals surface area contributed by atoms with Crippen molar-refractivity contribution in [2.24, 2.45) is 0 Å². The van der Waals surface area contributed by atoms with Gasteiger partial charge in [-0.05, 0) is 83.1 Å². The topological polar surface area (TPSA) is 58.6 Å². The Kier molecular flexibility index (Phi) is 10.4. The molecule has 0 aliphatic carbocycles. The number of carbonyl (C=O) groups excluding carboxylic acids is 2.